The van der Waals surface area contributed by atoms with E-state index >= 15 is 0 Å². The molecule has 35 heavy (non-hydrogen) atoms. The van der Waals surface area contributed by atoms with Crippen LogP contribution < -0.4 is 14.4 Å². The normalized spacial score (nSPS) is 13.9. The molecule has 0 radical (unpaired) electrons. The van der Waals surface area contributed by atoms with Gasteiger partial charge in [-0.1, -0.05) is 11.3 Å². The minimum absolute atomic E-state index is 0. The number of hydrogen-bond acceptors (Lipinski definition) is 8. The van der Waals surface area contributed by atoms with Crippen molar-refractivity contribution in [2.75, 3.05) is 64.3 Å². The number of fused-ring (bicyclic) bond motifs is 1. The number of aromatic nitrogens is 1. The number of thiazole rings is 1. The van der Waals surface area contributed by atoms with Crippen molar-refractivity contribution in [2.24, 2.45) is 0 Å². The van der Waals surface area contributed by atoms with Gasteiger partial charge in [-0.15, -0.1) is 24.2 Å². The molecule has 190 valence electrons. The van der Waals surface area contributed by atoms with Crippen molar-refractivity contribution >= 4 is 56.8 Å². The minimum atomic E-state index is 0. The van der Waals surface area contributed by atoms with Crippen molar-refractivity contribution in [1.82, 2.24) is 9.88 Å². The van der Waals surface area contributed by atoms with Crippen LogP contribution in [0, 0.1) is 0 Å². The third-order valence-corrected chi connectivity index (χ3v) is 7.78. The molecule has 1 aliphatic heterocycles. The van der Waals surface area contributed by atoms with Crippen molar-refractivity contribution in [3.63, 3.8) is 0 Å². The lowest BCUT2D eigenvalue weighted by Gasteiger charge is -2.27. The summed E-state index contributed by atoms with van der Waals surface area (Å²) in [6.45, 7) is 5.07. The van der Waals surface area contributed by atoms with E-state index in [4.69, 9.17) is 19.2 Å². The number of ether oxygens (including phenoxy) is 3. The summed E-state index contributed by atoms with van der Waals surface area (Å²) < 4.78 is 17.0. The summed E-state index contributed by atoms with van der Waals surface area (Å²) in [5.74, 6) is 2.45. The van der Waals surface area contributed by atoms with Crippen molar-refractivity contribution in [2.45, 2.75) is 17.7 Å². The third-order valence-electron chi connectivity index (χ3n) is 5.72. The topological polar surface area (TPSA) is 64.1 Å². The molecule has 0 unspecified atom stereocenters. The number of benzene rings is 2. The number of anilines is 1. The summed E-state index contributed by atoms with van der Waals surface area (Å²) in [5.41, 5.74) is 0.888. The average Bonchev–Trinajstić information content (AvgIpc) is 3.30. The van der Waals surface area contributed by atoms with E-state index in [0.717, 1.165) is 71.0 Å². The Kier molecular flexibility index (Phi) is 10.9. The molecule has 3 aromatic rings. The zero-order chi connectivity index (χ0) is 23.8. The molecule has 7 nitrogen and oxygen atoms in total. The number of methoxy groups -OCH3 is 2. The highest BCUT2D eigenvalue weighted by atomic mass is 35.5. The predicted octanol–water partition coefficient (Wildman–Crippen LogP) is 4.97. The van der Waals surface area contributed by atoms with Crippen LogP contribution in [0.25, 0.3) is 10.2 Å². The fraction of sp³-hybridized carbons (Fsp3) is 0.440. The van der Waals surface area contributed by atoms with E-state index in [1.165, 1.54) is 0 Å². The molecule has 0 N–H and O–H groups in total. The second-order valence-electron chi connectivity index (χ2n) is 7.96. The largest absolute Gasteiger partial charge is 0.497 e. The molecule has 0 aliphatic carbocycles. The first kappa shape index (κ1) is 27.5. The molecule has 10 heteroatoms. The van der Waals surface area contributed by atoms with Crippen LogP contribution in [0.15, 0.2) is 47.4 Å². The maximum absolute atomic E-state index is 13.3. The van der Waals surface area contributed by atoms with E-state index < -0.39 is 0 Å². The van der Waals surface area contributed by atoms with Crippen LogP contribution in [-0.2, 0) is 9.53 Å². The van der Waals surface area contributed by atoms with Gasteiger partial charge in [-0.25, -0.2) is 4.98 Å². The zero-order valence-electron chi connectivity index (χ0n) is 20.1. The number of morpholine rings is 1. The molecule has 2 aromatic carbocycles. The number of rotatable bonds is 11. The summed E-state index contributed by atoms with van der Waals surface area (Å²) in [5, 5.41) is 0.754. The molecule has 0 spiro atoms. The Labute approximate surface area is 221 Å². The first-order valence-electron chi connectivity index (χ1n) is 11.5. The number of carbonyl (C=O) groups is 1. The first-order chi connectivity index (χ1) is 16.7. The molecule has 1 amide bonds. The highest BCUT2D eigenvalue weighted by Gasteiger charge is 2.20. The number of halogens is 1. The second-order valence-corrected chi connectivity index (χ2v) is 10.1. The Morgan fingerprint density at radius 3 is 2.54 bits per heavy atom. The van der Waals surface area contributed by atoms with Crippen molar-refractivity contribution in [3.05, 3.63) is 42.5 Å². The van der Waals surface area contributed by atoms with E-state index in [2.05, 4.69) is 4.90 Å². The number of hydrogen-bond donors (Lipinski definition) is 0. The van der Waals surface area contributed by atoms with Gasteiger partial charge in [-0.05, 0) is 48.9 Å². The monoisotopic (exact) mass is 537 g/mol. The van der Waals surface area contributed by atoms with Crippen molar-refractivity contribution < 1.29 is 19.0 Å². The second kappa shape index (κ2) is 13.9. The van der Waals surface area contributed by atoms with Crippen molar-refractivity contribution in [3.8, 4) is 11.5 Å². The Hall–Kier alpha value is -2.04. The molecule has 0 bridgehead atoms. The molecule has 2 heterocycles. The van der Waals surface area contributed by atoms with Gasteiger partial charge in [0.25, 0.3) is 0 Å². The van der Waals surface area contributed by atoms with Gasteiger partial charge >= 0.3 is 0 Å². The quantitative estimate of drug-likeness (QED) is 0.320. The number of carbonyl (C=O) groups excluding carboxylic acids is 1. The standard InChI is InChI=1S/C25H31N3O4S2.ClH/c1-30-19-4-7-21(8-5-19)33-17-10-24(29)28(12-3-11-27-13-15-32-16-14-27)25-26-22-9-6-20(31-2)18-23(22)34-25;/h4-9,18H,3,10-17H2,1-2H3;1H. The maximum Gasteiger partial charge on any atom is 0.229 e. The molecule has 4 rings (SSSR count). The summed E-state index contributed by atoms with van der Waals surface area (Å²) in [4.78, 5) is 23.5. The minimum Gasteiger partial charge on any atom is -0.497 e. The highest BCUT2D eigenvalue weighted by Crippen LogP contribution is 2.32. The summed E-state index contributed by atoms with van der Waals surface area (Å²) in [6, 6.07) is 13.8. The zero-order valence-corrected chi connectivity index (χ0v) is 22.6. The first-order valence-corrected chi connectivity index (χ1v) is 13.3. The number of nitrogens with zero attached hydrogens (tertiary/aromatic N) is 3. The molecule has 1 aromatic heterocycles. The number of amides is 1. The van der Waals surface area contributed by atoms with Crippen LogP contribution in [-0.4, -0.2) is 75.2 Å². The van der Waals surface area contributed by atoms with E-state index in [1.54, 1.807) is 37.3 Å². The maximum atomic E-state index is 13.3. The Morgan fingerprint density at radius 2 is 1.83 bits per heavy atom. The molecule has 1 saturated heterocycles. The fourth-order valence-corrected chi connectivity index (χ4v) is 5.68. The number of thioether (sulfide) groups is 1. The lowest BCUT2D eigenvalue weighted by Crippen LogP contribution is -2.39. The third kappa shape index (κ3) is 7.72. The molecule has 1 fully saturated rings. The molecule has 0 saturated carbocycles. The summed E-state index contributed by atoms with van der Waals surface area (Å²) in [6.07, 6.45) is 1.35. The Balaban J connectivity index is 0.00000342. The van der Waals surface area contributed by atoms with Gasteiger partial charge in [0.2, 0.25) is 5.91 Å². The Bertz CT molecular complexity index is 1070. The van der Waals surface area contributed by atoms with Crippen LogP contribution in [0.1, 0.15) is 12.8 Å². The van der Waals surface area contributed by atoms with Gasteiger partial charge in [0, 0.05) is 43.2 Å². The van der Waals surface area contributed by atoms with E-state index in [9.17, 15) is 4.79 Å². The van der Waals surface area contributed by atoms with Gasteiger partial charge in [-0.3, -0.25) is 14.6 Å². The SMILES string of the molecule is COc1ccc(SCCC(=O)N(CCCN2CCOCC2)c2nc3ccc(OC)cc3s2)cc1.Cl. The predicted molar refractivity (Wildman–Crippen MR) is 146 cm³/mol. The van der Waals surface area contributed by atoms with Gasteiger partial charge < -0.3 is 14.2 Å². The van der Waals surface area contributed by atoms with Crippen LogP contribution in [0.2, 0.25) is 0 Å². The lowest BCUT2D eigenvalue weighted by atomic mass is 10.3. The smallest absolute Gasteiger partial charge is 0.229 e. The van der Waals surface area contributed by atoms with Crippen molar-refractivity contribution in [1.29, 1.82) is 0 Å². The van der Waals surface area contributed by atoms with E-state index in [0.29, 0.717) is 18.7 Å². The highest BCUT2D eigenvalue weighted by molar-refractivity contribution is 7.99. The van der Waals surface area contributed by atoms with Gasteiger partial charge in [0.15, 0.2) is 5.13 Å². The van der Waals surface area contributed by atoms with Gasteiger partial charge in [0.05, 0.1) is 37.6 Å². The summed E-state index contributed by atoms with van der Waals surface area (Å²) in [7, 11) is 3.32. The molecular formula is C25H32ClN3O4S2. The average molecular weight is 538 g/mol. The van der Waals surface area contributed by atoms with Gasteiger partial charge in [-0.2, -0.15) is 0 Å². The lowest BCUT2D eigenvalue weighted by molar-refractivity contribution is -0.118. The molecular weight excluding hydrogens is 506 g/mol. The van der Waals surface area contributed by atoms with Crippen LogP contribution in [0.4, 0.5) is 5.13 Å². The molecule has 1 aliphatic rings. The van der Waals surface area contributed by atoms with Crippen LogP contribution >= 0.6 is 35.5 Å². The fourth-order valence-electron chi connectivity index (χ4n) is 3.80. The van der Waals surface area contributed by atoms with E-state index in [1.807, 2.05) is 47.4 Å². The summed E-state index contributed by atoms with van der Waals surface area (Å²) >= 11 is 3.22. The Morgan fingerprint density at radius 1 is 1.11 bits per heavy atom. The molecule has 0 atom stereocenters. The van der Waals surface area contributed by atoms with E-state index in [-0.39, 0.29) is 18.3 Å². The van der Waals surface area contributed by atoms with Gasteiger partial charge in [0.1, 0.15) is 11.5 Å². The van der Waals surface area contributed by atoms with Crippen LogP contribution in [0.5, 0.6) is 11.5 Å². The van der Waals surface area contributed by atoms with Crippen LogP contribution in [0.3, 0.4) is 0 Å².